The molecule has 1 aliphatic rings. The molecule has 2 N–H and O–H groups in total. The standard InChI is InChI=1S/C10H12N2S/c11-10(13)12-7-9(12)6-8-4-2-1-3-5-8/h1-5,9H,6-7H2,(H2,11,13)/t9-,12?/m0/s1. The van der Waals surface area contributed by atoms with E-state index in [2.05, 4.69) is 24.3 Å². The summed E-state index contributed by atoms with van der Waals surface area (Å²) in [6.45, 7) is 1.02. The van der Waals surface area contributed by atoms with Gasteiger partial charge in [-0.2, -0.15) is 0 Å². The van der Waals surface area contributed by atoms with Gasteiger partial charge in [-0.3, -0.25) is 0 Å². The Morgan fingerprint density at radius 1 is 1.46 bits per heavy atom. The molecule has 13 heavy (non-hydrogen) atoms. The number of nitrogens with two attached hydrogens (primary N) is 1. The Morgan fingerprint density at radius 2 is 2.15 bits per heavy atom. The second-order valence-corrected chi connectivity index (χ2v) is 3.75. The Labute approximate surface area is 83.3 Å². The van der Waals surface area contributed by atoms with Crippen molar-refractivity contribution in [2.75, 3.05) is 6.54 Å². The van der Waals surface area contributed by atoms with E-state index in [4.69, 9.17) is 18.0 Å². The Bertz CT molecular complexity index is 310. The van der Waals surface area contributed by atoms with E-state index in [0.29, 0.717) is 11.2 Å². The minimum atomic E-state index is 0.529. The molecule has 0 saturated carbocycles. The average Bonchev–Trinajstić information content (AvgIpc) is 2.86. The van der Waals surface area contributed by atoms with Crippen molar-refractivity contribution in [2.24, 2.45) is 5.73 Å². The van der Waals surface area contributed by atoms with Gasteiger partial charge in [-0.15, -0.1) is 0 Å². The largest absolute Gasteiger partial charge is 0.376 e. The maximum absolute atomic E-state index is 5.50. The van der Waals surface area contributed by atoms with Crippen molar-refractivity contribution in [3.8, 4) is 0 Å². The lowest BCUT2D eigenvalue weighted by atomic mass is 10.1. The first-order valence-corrected chi connectivity index (χ1v) is 4.78. The third-order valence-corrected chi connectivity index (χ3v) is 2.55. The van der Waals surface area contributed by atoms with Crippen molar-refractivity contribution < 1.29 is 0 Å². The molecule has 0 unspecified atom stereocenters. The predicted octanol–water partition coefficient (Wildman–Crippen LogP) is 1.16. The van der Waals surface area contributed by atoms with E-state index in [0.717, 1.165) is 13.0 Å². The number of thiocarbonyl (C=S) groups is 1. The molecule has 0 aliphatic carbocycles. The first-order chi connectivity index (χ1) is 6.27. The van der Waals surface area contributed by atoms with Crippen molar-refractivity contribution >= 4 is 17.3 Å². The average molecular weight is 192 g/mol. The summed E-state index contributed by atoms with van der Waals surface area (Å²) in [6, 6.07) is 11.0. The second kappa shape index (κ2) is 3.34. The summed E-state index contributed by atoms with van der Waals surface area (Å²) in [6.07, 6.45) is 1.05. The van der Waals surface area contributed by atoms with Crippen LogP contribution in [-0.2, 0) is 6.42 Å². The summed E-state index contributed by atoms with van der Waals surface area (Å²) in [4.78, 5) is 2.04. The number of hydrogen-bond donors (Lipinski definition) is 1. The highest BCUT2D eigenvalue weighted by Gasteiger charge is 2.34. The van der Waals surface area contributed by atoms with Gasteiger partial charge < -0.3 is 10.6 Å². The van der Waals surface area contributed by atoms with Crippen LogP contribution >= 0.6 is 12.2 Å². The summed E-state index contributed by atoms with van der Waals surface area (Å²) in [7, 11) is 0. The van der Waals surface area contributed by atoms with Gasteiger partial charge in [0.2, 0.25) is 0 Å². The van der Waals surface area contributed by atoms with Crippen LogP contribution in [0.3, 0.4) is 0 Å². The van der Waals surface area contributed by atoms with E-state index in [-0.39, 0.29) is 0 Å². The highest BCUT2D eigenvalue weighted by molar-refractivity contribution is 7.80. The van der Waals surface area contributed by atoms with Gasteiger partial charge in [0.1, 0.15) is 0 Å². The number of hydrogen-bond acceptors (Lipinski definition) is 1. The minimum absolute atomic E-state index is 0.529. The molecule has 0 radical (unpaired) electrons. The Morgan fingerprint density at radius 3 is 2.69 bits per heavy atom. The Balaban J connectivity index is 1.92. The van der Waals surface area contributed by atoms with Gasteiger partial charge >= 0.3 is 0 Å². The predicted molar refractivity (Wildman–Crippen MR) is 57.4 cm³/mol. The van der Waals surface area contributed by atoms with Crippen LogP contribution in [-0.4, -0.2) is 22.6 Å². The normalized spacial score (nSPS) is 20.0. The molecule has 1 heterocycles. The summed E-state index contributed by atoms with van der Waals surface area (Å²) in [5.41, 5.74) is 6.85. The van der Waals surface area contributed by atoms with Gasteiger partial charge in [0.15, 0.2) is 5.11 Å². The molecule has 1 fully saturated rings. The highest BCUT2D eigenvalue weighted by Crippen LogP contribution is 2.21. The van der Waals surface area contributed by atoms with Crippen LogP contribution in [0.25, 0.3) is 0 Å². The molecule has 1 aromatic carbocycles. The van der Waals surface area contributed by atoms with Gasteiger partial charge in [-0.25, -0.2) is 0 Å². The SMILES string of the molecule is NC(=S)N1C[C@@H]1Cc1ccccc1. The molecule has 68 valence electrons. The summed E-state index contributed by atoms with van der Waals surface area (Å²) in [5.74, 6) is 0. The summed E-state index contributed by atoms with van der Waals surface area (Å²) < 4.78 is 0. The first kappa shape index (κ1) is 8.51. The first-order valence-electron chi connectivity index (χ1n) is 4.37. The van der Waals surface area contributed by atoms with Gasteiger partial charge in [-0.05, 0) is 24.2 Å². The lowest BCUT2D eigenvalue weighted by Crippen LogP contribution is -2.21. The van der Waals surface area contributed by atoms with E-state index in [1.54, 1.807) is 0 Å². The lowest BCUT2D eigenvalue weighted by Gasteiger charge is -2.01. The van der Waals surface area contributed by atoms with Crippen LogP contribution in [0.2, 0.25) is 0 Å². The molecular formula is C10H12N2S. The fourth-order valence-corrected chi connectivity index (χ4v) is 1.73. The molecule has 3 heteroatoms. The van der Waals surface area contributed by atoms with Crippen LogP contribution in [0.15, 0.2) is 30.3 Å². The van der Waals surface area contributed by atoms with Gasteiger partial charge in [0.25, 0.3) is 0 Å². The van der Waals surface area contributed by atoms with E-state index < -0.39 is 0 Å². The second-order valence-electron chi connectivity index (χ2n) is 3.33. The van der Waals surface area contributed by atoms with Crippen LogP contribution in [0.4, 0.5) is 0 Å². The molecule has 1 saturated heterocycles. The quantitative estimate of drug-likeness (QED) is 0.563. The lowest BCUT2D eigenvalue weighted by molar-refractivity contribution is 0.724. The van der Waals surface area contributed by atoms with E-state index in [9.17, 15) is 0 Å². The van der Waals surface area contributed by atoms with E-state index in [1.807, 2.05) is 11.0 Å². The fraction of sp³-hybridized carbons (Fsp3) is 0.300. The molecule has 1 aromatic rings. The smallest absolute Gasteiger partial charge is 0.166 e. The van der Waals surface area contributed by atoms with Crippen LogP contribution in [0.5, 0.6) is 0 Å². The van der Waals surface area contributed by atoms with E-state index in [1.165, 1.54) is 5.56 Å². The number of rotatable bonds is 2. The van der Waals surface area contributed by atoms with Crippen LogP contribution < -0.4 is 5.73 Å². The van der Waals surface area contributed by atoms with Crippen molar-refractivity contribution in [3.63, 3.8) is 0 Å². The maximum atomic E-state index is 5.50. The van der Waals surface area contributed by atoms with Crippen molar-refractivity contribution in [1.29, 1.82) is 0 Å². The zero-order valence-corrected chi connectivity index (χ0v) is 8.13. The minimum Gasteiger partial charge on any atom is -0.376 e. The van der Waals surface area contributed by atoms with Gasteiger partial charge in [-0.1, -0.05) is 30.3 Å². The Kier molecular flexibility index (Phi) is 2.19. The van der Waals surface area contributed by atoms with Crippen molar-refractivity contribution in [2.45, 2.75) is 12.5 Å². The molecular weight excluding hydrogens is 180 g/mol. The Hall–Kier alpha value is -1.09. The molecule has 1 aliphatic heterocycles. The fourth-order valence-electron chi connectivity index (χ4n) is 1.51. The van der Waals surface area contributed by atoms with Gasteiger partial charge in [0, 0.05) is 6.54 Å². The van der Waals surface area contributed by atoms with Crippen LogP contribution in [0.1, 0.15) is 5.56 Å². The molecule has 1 atom stereocenters. The zero-order chi connectivity index (χ0) is 9.26. The molecule has 2 rings (SSSR count). The molecule has 0 amide bonds. The summed E-state index contributed by atoms with van der Waals surface area (Å²) >= 11 is 4.88. The topological polar surface area (TPSA) is 29.0 Å². The van der Waals surface area contributed by atoms with Gasteiger partial charge in [0.05, 0.1) is 6.04 Å². The zero-order valence-electron chi connectivity index (χ0n) is 7.31. The third-order valence-electron chi connectivity index (χ3n) is 2.31. The maximum Gasteiger partial charge on any atom is 0.166 e. The molecule has 0 aromatic heterocycles. The molecule has 2 nitrogen and oxygen atoms in total. The highest BCUT2D eigenvalue weighted by atomic mass is 32.1. The molecule has 0 bridgehead atoms. The summed E-state index contributed by atoms with van der Waals surface area (Å²) in [5, 5.41) is 0.529. The number of benzene rings is 1. The van der Waals surface area contributed by atoms with Crippen molar-refractivity contribution in [1.82, 2.24) is 4.90 Å². The van der Waals surface area contributed by atoms with Crippen LogP contribution in [0, 0.1) is 0 Å². The van der Waals surface area contributed by atoms with E-state index >= 15 is 0 Å². The van der Waals surface area contributed by atoms with Crippen molar-refractivity contribution in [3.05, 3.63) is 35.9 Å². The number of nitrogens with zero attached hydrogens (tertiary/aromatic N) is 1. The molecule has 0 spiro atoms. The monoisotopic (exact) mass is 192 g/mol. The third kappa shape index (κ3) is 1.98.